The summed E-state index contributed by atoms with van der Waals surface area (Å²) in [5, 5.41) is 4.07. The summed E-state index contributed by atoms with van der Waals surface area (Å²) in [7, 11) is 1.62. The minimum absolute atomic E-state index is 0.0399. The molecule has 1 fully saturated rings. The number of ether oxygens (including phenoxy) is 1. The highest BCUT2D eigenvalue weighted by molar-refractivity contribution is 5.94. The molecule has 1 atom stereocenters. The van der Waals surface area contributed by atoms with Gasteiger partial charge in [0.05, 0.1) is 13.0 Å². The summed E-state index contributed by atoms with van der Waals surface area (Å²) >= 11 is 0. The molecule has 0 spiro atoms. The van der Waals surface area contributed by atoms with Crippen LogP contribution in [0.4, 0.5) is 0 Å². The number of likely N-dealkylation sites (tertiary alicyclic amines) is 1. The number of nitrogens with zero attached hydrogens (tertiary/aromatic N) is 3. The number of carbonyl (C=O) groups excluding carboxylic acids is 1. The number of benzene rings is 1. The lowest BCUT2D eigenvalue weighted by atomic mass is 9.97. The molecule has 134 valence electrons. The van der Waals surface area contributed by atoms with Crippen molar-refractivity contribution < 1.29 is 14.1 Å². The van der Waals surface area contributed by atoms with E-state index in [1.165, 1.54) is 0 Å². The predicted molar refractivity (Wildman–Crippen MR) is 93.8 cm³/mol. The molecule has 0 radical (unpaired) electrons. The third-order valence-electron chi connectivity index (χ3n) is 4.63. The van der Waals surface area contributed by atoms with Crippen molar-refractivity contribution in [3.05, 3.63) is 41.5 Å². The summed E-state index contributed by atoms with van der Waals surface area (Å²) in [6, 6.07) is 7.24. The molecule has 2 aromatic rings. The fourth-order valence-corrected chi connectivity index (χ4v) is 3.15. The van der Waals surface area contributed by atoms with E-state index in [0.717, 1.165) is 50.2 Å². The first-order chi connectivity index (χ1) is 12.2. The van der Waals surface area contributed by atoms with Crippen LogP contribution in [-0.2, 0) is 6.42 Å². The van der Waals surface area contributed by atoms with Crippen molar-refractivity contribution in [2.75, 3.05) is 20.2 Å². The van der Waals surface area contributed by atoms with E-state index in [2.05, 4.69) is 17.1 Å². The number of carbonyl (C=O) groups is 1. The summed E-state index contributed by atoms with van der Waals surface area (Å²) in [5.74, 6) is 2.35. The molecule has 1 amide bonds. The van der Waals surface area contributed by atoms with Gasteiger partial charge in [-0.05, 0) is 43.5 Å². The third-order valence-corrected chi connectivity index (χ3v) is 4.63. The first kappa shape index (κ1) is 17.5. The zero-order chi connectivity index (χ0) is 17.6. The average Bonchev–Trinajstić information content (AvgIpc) is 3.15. The molecule has 1 unspecified atom stereocenters. The van der Waals surface area contributed by atoms with E-state index in [1.807, 2.05) is 17.0 Å². The molecule has 0 N–H and O–H groups in total. The second kappa shape index (κ2) is 8.14. The van der Waals surface area contributed by atoms with Gasteiger partial charge in [-0.3, -0.25) is 4.79 Å². The van der Waals surface area contributed by atoms with Crippen LogP contribution in [0.3, 0.4) is 0 Å². The number of hydrogen-bond donors (Lipinski definition) is 0. The van der Waals surface area contributed by atoms with E-state index in [4.69, 9.17) is 9.26 Å². The Morgan fingerprint density at radius 3 is 2.88 bits per heavy atom. The largest absolute Gasteiger partial charge is 0.497 e. The smallest absolute Gasteiger partial charge is 0.253 e. The molecule has 1 saturated heterocycles. The fourth-order valence-electron chi connectivity index (χ4n) is 3.15. The first-order valence-electron chi connectivity index (χ1n) is 8.97. The Balaban J connectivity index is 1.65. The van der Waals surface area contributed by atoms with Crippen molar-refractivity contribution in [3.63, 3.8) is 0 Å². The van der Waals surface area contributed by atoms with Crippen LogP contribution in [0.5, 0.6) is 5.75 Å². The van der Waals surface area contributed by atoms with E-state index in [1.54, 1.807) is 19.2 Å². The molecule has 1 aromatic heterocycles. The number of methoxy groups -OCH3 is 1. The van der Waals surface area contributed by atoms with E-state index in [0.29, 0.717) is 18.0 Å². The summed E-state index contributed by atoms with van der Waals surface area (Å²) in [4.78, 5) is 19.2. The number of amides is 1. The van der Waals surface area contributed by atoms with Crippen LogP contribution >= 0.6 is 0 Å². The zero-order valence-corrected chi connectivity index (χ0v) is 14.9. The van der Waals surface area contributed by atoms with Crippen LogP contribution in [0.1, 0.15) is 60.6 Å². The van der Waals surface area contributed by atoms with Crippen molar-refractivity contribution in [3.8, 4) is 5.75 Å². The number of hydrogen-bond acceptors (Lipinski definition) is 5. The molecular formula is C19H25N3O3. The normalized spacial score (nSPS) is 17.5. The lowest BCUT2D eigenvalue weighted by Crippen LogP contribution is -2.39. The molecule has 1 aliphatic heterocycles. The van der Waals surface area contributed by atoms with E-state index < -0.39 is 0 Å². The molecule has 1 aromatic carbocycles. The maximum Gasteiger partial charge on any atom is 0.253 e. The molecule has 0 aliphatic carbocycles. The lowest BCUT2D eigenvalue weighted by Gasteiger charge is -2.31. The first-order valence-corrected chi connectivity index (χ1v) is 8.97. The van der Waals surface area contributed by atoms with Crippen LogP contribution in [0.25, 0.3) is 0 Å². The van der Waals surface area contributed by atoms with Gasteiger partial charge in [-0.25, -0.2) is 0 Å². The Hall–Kier alpha value is -2.37. The van der Waals surface area contributed by atoms with Gasteiger partial charge in [-0.1, -0.05) is 18.5 Å². The van der Waals surface area contributed by atoms with Gasteiger partial charge in [0.25, 0.3) is 5.91 Å². The molecule has 1 aliphatic rings. The monoisotopic (exact) mass is 343 g/mol. The van der Waals surface area contributed by atoms with Crippen LogP contribution in [-0.4, -0.2) is 41.1 Å². The Morgan fingerprint density at radius 1 is 1.36 bits per heavy atom. The summed E-state index contributed by atoms with van der Waals surface area (Å²) in [5.41, 5.74) is 0.676. The van der Waals surface area contributed by atoms with Gasteiger partial charge in [0.1, 0.15) is 5.75 Å². The highest BCUT2D eigenvalue weighted by Crippen LogP contribution is 2.27. The van der Waals surface area contributed by atoms with Crippen molar-refractivity contribution >= 4 is 5.91 Å². The average molecular weight is 343 g/mol. The van der Waals surface area contributed by atoms with Crippen LogP contribution in [0, 0.1) is 0 Å². The minimum Gasteiger partial charge on any atom is -0.497 e. The van der Waals surface area contributed by atoms with Crippen molar-refractivity contribution in [1.29, 1.82) is 0 Å². The van der Waals surface area contributed by atoms with Crippen LogP contribution in [0.15, 0.2) is 28.8 Å². The summed E-state index contributed by atoms with van der Waals surface area (Å²) < 4.78 is 10.6. The van der Waals surface area contributed by atoms with Crippen molar-refractivity contribution in [2.45, 2.75) is 44.9 Å². The third kappa shape index (κ3) is 4.18. The van der Waals surface area contributed by atoms with Gasteiger partial charge >= 0.3 is 0 Å². The van der Waals surface area contributed by atoms with Crippen molar-refractivity contribution in [1.82, 2.24) is 15.0 Å². The van der Waals surface area contributed by atoms with Gasteiger partial charge in [-0.15, -0.1) is 0 Å². The Labute approximate surface area is 148 Å². The Bertz CT molecular complexity index is 696. The van der Waals surface area contributed by atoms with E-state index in [9.17, 15) is 4.79 Å². The van der Waals surface area contributed by atoms with E-state index >= 15 is 0 Å². The van der Waals surface area contributed by atoms with Gasteiger partial charge in [-0.2, -0.15) is 4.98 Å². The van der Waals surface area contributed by atoms with Crippen LogP contribution < -0.4 is 4.74 Å². The second-order valence-electron chi connectivity index (χ2n) is 6.47. The SMILES string of the molecule is CCCCc1noc(C2CCCN(C(=O)c3ccc(OC)cc3)C2)n1. The zero-order valence-electron chi connectivity index (χ0n) is 14.9. The second-order valence-corrected chi connectivity index (χ2v) is 6.47. The fraction of sp³-hybridized carbons (Fsp3) is 0.526. The molecule has 6 nitrogen and oxygen atoms in total. The highest BCUT2D eigenvalue weighted by atomic mass is 16.5. The summed E-state index contributed by atoms with van der Waals surface area (Å²) in [6.07, 6.45) is 4.94. The van der Waals surface area contributed by atoms with E-state index in [-0.39, 0.29) is 11.8 Å². The lowest BCUT2D eigenvalue weighted by molar-refractivity contribution is 0.0695. The molecule has 2 heterocycles. The molecule has 6 heteroatoms. The minimum atomic E-state index is 0.0399. The maximum atomic E-state index is 12.7. The summed E-state index contributed by atoms with van der Waals surface area (Å²) in [6.45, 7) is 3.53. The quantitative estimate of drug-likeness (QED) is 0.803. The molecule has 0 saturated carbocycles. The topological polar surface area (TPSA) is 68.5 Å². The number of aryl methyl sites for hydroxylation is 1. The van der Waals surface area contributed by atoms with Gasteiger partial charge in [0.2, 0.25) is 5.89 Å². The molecule has 25 heavy (non-hydrogen) atoms. The predicted octanol–water partition coefficient (Wildman–Crippen LogP) is 3.44. The number of rotatable bonds is 6. The number of unbranched alkanes of at least 4 members (excludes halogenated alkanes) is 1. The Kier molecular flexibility index (Phi) is 5.68. The maximum absolute atomic E-state index is 12.7. The van der Waals surface area contributed by atoms with Gasteiger partial charge < -0.3 is 14.2 Å². The standard InChI is InChI=1S/C19H25N3O3/c1-3-4-7-17-20-18(25-21-17)15-6-5-12-22(13-15)19(23)14-8-10-16(24-2)11-9-14/h8-11,15H,3-7,12-13H2,1-2H3. The van der Waals surface area contributed by atoms with Gasteiger partial charge in [0.15, 0.2) is 5.82 Å². The van der Waals surface area contributed by atoms with Crippen molar-refractivity contribution in [2.24, 2.45) is 0 Å². The van der Waals surface area contributed by atoms with Gasteiger partial charge in [0, 0.05) is 25.1 Å². The van der Waals surface area contributed by atoms with Crippen LogP contribution in [0.2, 0.25) is 0 Å². The number of piperidine rings is 1. The molecule has 0 bridgehead atoms. The molecular weight excluding hydrogens is 318 g/mol. The molecule has 3 rings (SSSR count). The Morgan fingerprint density at radius 2 is 2.16 bits per heavy atom. The number of aromatic nitrogens is 2. The highest BCUT2D eigenvalue weighted by Gasteiger charge is 2.29.